The van der Waals surface area contributed by atoms with Gasteiger partial charge in [0.15, 0.2) is 5.82 Å². The number of rotatable bonds is 6. The lowest BCUT2D eigenvalue weighted by Crippen LogP contribution is -2.35. The van der Waals surface area contributed by atoms with E-state index in [-0.39, 0.29) is 10.7 Å². The third-order valence-corrected chi connectivity index (χ3v) is 7.39. The van der Waals surface area contributed by atoms with Gasteiger partial charge in [0, 0.05) is 24.8 Å². The van der Waals surface area contributed by atoms with E-state index in [0.29, 0.717) is 41.1 Å². The molecule has 10 heteroatoms. The van der Waals surface area contributed by atoms with Crippen LogP contribution in [0, 0.1) is 5.82 Å². The lowest BCUT2D eigenvalue weighted by molar-refractivity contribution is 0.346. The van der Waals surface area contributed by atoms with E-state index >= 15 is 0 Å². The molecule has 1 aromatic carbocycles. The molecule has 29 heavy (non-hydrogen) atoms. The van der Waals surface area contributed by atoms with Gasteiger partial charge < -0.3 is 4.52 Å². The van der Waals surface area contributed by atoms with Crippen LogP contribution in [0.3, 0.4) is 0 Å². The maximum absolute atomic E-state index is 13.0. The van der Waals surface area contributed by atoms with E-state index in [9.17, 15) is 12.8 Å². The molecule has 7 nitrogen and oxygen atoms in total. The quantitative estimate of drug-likeness (QED) is 0.546. The zero-order valence-corrected chi connectivity index (χ0v) is 17.1. The molecule has 1 aliphatic heterocycles. The van der Waals surface area contributed by atoms with Gasteiger partial charge in [-0.3, -0.25) is 0 Å². The van der Waals surface area contributed by atoms with Gasteiger partial charge in [-0.25, -0.2) is 17.8 Å². The summed E-state index contributed by atoms with van der Waals surface area (Å²) in [5.41, 5.74) is 0.639. The van der Waals surface area contributed by atoms with E-state index in [0.717, 1.165) is 19.3 Å². The topological polar surface area (TPSA) is 89.2 Å². The Morgan fingerprint density at radius 1 is 1.07 bits per heavy atom. The van der Waals surface area contributed by atoms with E-state index in [4.69, 9.17) is 4.52 Å². The molecule has 0 bridgehead atoms. The van der Waals surface area contributed by atoms with Gasteiger partial charge in [-0.2, -0.15) is 9.29 Å². The van der Waals surface area contributed by atoms with Gasteiger partial charge in [-0.05, 0) is 49.2 Å². The number of piperidine rings is 1. The number of hydrogen-bond acceptors (Lipinski definition) is 7. The third-order valence-electron chi connectivity index (χ3n) is 4.57. The van der Waals surface area contributed by atoms with Crippen LogP contribution in [0.5, 0.6) is 0 Å². The van der Waals surface area contributed by atoms with Crippen molar-refractivity contribution < 1.29 is 17.3 Å². The van der Waals surface area contributed by atoms with E-state index in [1.54, 1.807) is 24.3 Å². The molecule has 4 rings (SSSR count). The minimum absolute atomic E-state index is 0.210. The molecular formula is C19H19FN4O3S2. The standard InChI is InChI=1S/C19H19FN4O3S2/c20-15-6-4-14(5-7-15)19-22-17(23-27-19)13-28-18-9-8-16(12-21-18)29(25,26)24-10-2-1-3-11-24/h4-9,12H,1-3,10-11,13H2. The predicted octanol–water partition coefficient (Wildman–Crippen LogP) is 3.74. The van der Waals surface area contributed by atoms with Crippen LogP contribution >= 0.6 is 11.8 Å². The number of benzene rings is 1. The van der Waals surface area contributed by atoms with Crippen LogP contribution < -0.4 is 0 Å². The van der Waals surface area contributed by atoms with Crippen LogP contribution in [0.15, 0.2) is 57.0 Å². The molecule has 0 atom stereocenters. The van der Waals surface area contributed by atoms with Crippen molar-refractivity contribution in [3.05, 3.63) is 54.2 Å². The van der Waals surface area contributed by atoms with Crippen molar-refractivity contribution in [3.8, 4) is 11.5 Å². The normalized spacial score (nSPS) is 15.5. The first-order valence-electron chi connectivity index (χ1n) is 9.20. The van der Waals surface area contributed by atoms with Crippen LogP contribution in [0.2, 0.25) is 0 Å². The smallest absolute Gasteiger partial charge is 0.257 e. The Morgan fingerprint density at radius 2 is 1.83 bits per heavy atom. The molecule has 152 valence electrons. The third kappa shape index (κ3) is 4.65. The van der Waals surface area contributed by atoms with Crippen molar-refractivity contribution in [2.24, 2.45) is 0 Å². The van der Waals surface area contributed by atoms with Crippen molar-refractivity contribution in [3.63, 3.8) is 0 Å². The molecule has 0 unspecified atom stereocenters. The van der Waals surface area contributed by atoms with Gasteiger partial charge in [0.25, 0.3) is 5.89 Å². The molecule has 0 saturated carbocycles. The van der Waals surface area contributed by atoms with E-state index in [1.807, 2.05) is 0 Å². The lowest BCUT2D eigenvalue weighted by atomic mass is 10.2. The summed E-state index contributed by atoms with van der Waals surface area (Å²) in [6, 6.07) is 9.07. The summed E-state index contributed by atoms with van der Waals surface area (Å²) in [4.78, 5) is 8.76. The summed E-state index contributed by atoms with van der Waals surface area (Å²) >= 11 is 1.37. The number of nitrogens with zero attached hydrogens (tertiary/aromatic N) is 4. The van der Waals surface area contributed by atoms with Gasteiger partial charge >= 0.3 is 0 Å². The van der Waals surface area contributed by atoms with Crippen molar-refractivity contribution in [2.45, 2.75) is 34.9 Å². The molecule has 3 aromatic rings. The Morgan fingerprint density at radius 3 is 2.52 bits per heavy atom. The Balaban J connectivity index is 1.39. The van der Waals surface area contributed by atoms with Crippen molar-refractivity contribution >= 4 is 21.8 Å². The maximum atomic E-state index is 13.0. The zero-order valence-electron chi connectivity index (χ0n) is 15.5. The van der Waals surface area contributed by atoms with Crippen LogP contribution in [-0.4, -0.2) is 40.9 Å². The number of halogens is 1. The average molecular weight is 435 g/mol. The van der Waals surface area contributed by atoms with Gasteiger partial charge in [0.05, 0.1) is 10.8 Å². The number of pyridine rings is 1. The van der Waals surface area contributed by atoms with Crippen LogP contribution in [0.1, 0.15) is 25.1 Å². The molecule has 1 fully saturated rings. The highest BCUT2D eigenvalue weighted by Gasteiger charge is 2.26. The highest BCUT2D eigenvalue weighted by Crippen LogP contribution is 2.25. The molecule has 0 spiro atoms. The molecule has 0 amide bonds. The Bertz CT molecular complexity index is 1060. The SMILES string of the molecule is O=S(=O)(c1ccc(SCc2noc(-c3ccc(F)cc3)n2)nc1)N1CCCCC1. The summed E-state index contributed by atoms with van der Waals surface area (Å²) in [5, 5.41) is 4.58. The van der Waals surface area contributed by atoms with Gasteiger partial charge in [-0.15, -0.1) is 0 Å². The summed E-state index contributed by atoms with van der Waals surface area (Å²) in [6.07, 6.45) is 4.25. The van der Waals surface area contributed by atoms with Gasteiger partial charge in [0.1, 0.15) is 10.7 Å². The van der Waals surface area contributed by atoms with E-state index < -0.39 is 10.0 Å². The number of sulfonamides is 1. The summed E-state index contributed by atoms with van der Waals surface area (Å²) in [5.74, 6) is 0.870. The number of hydrogen-bond donors (Lipinski definition) is 0. The highest BCUT2D eigenvalue weighted by atomic mass is 32.2. The van der Waals surface area contributed by atoms with Crippen molar-refractivity contribution in [2.75, 3.05) is 13.1 Å². The second kappa shape index (κ2) is 8.60. The zero-order chi connectivity index (χ0) is 20.3. The molecule has 0 aliphatic carbocycles. The monoisotopic (exact) mass is 434 g/mol. The summed E-state index contributed by atoms with van der Waals surface area (Å²) < 4.78 is 45.1. The van der Waals surface area contributed by atoms with Crippen molar-refractivity contribution in [1.82, 2.24) is 19.4 Å². The number of aromatic nitrogens is 3. The first kappa shape index (κ1) is 20.0. The number of thioether (sulfide) groups is 1. The van der Waals surface area contributed by atoms with E-state index in [1.165, 1.54) is 34.4 Å². The average Bonchev–Trinajstić information content (AvgIpc) is 3.23. The van der Waals surface area contributed by atoms with E-state index in [2.05, 4.69) is 15.1 Å². The summed E-state index contributed by atoms with van der Waals surface area (Å²) in [7, 11) is -3.48. The van der Waals surface area contributed by atoms with Crippen molar-refractivity contribution in [1.29, 1.82) is 0 Å². The molecule has 0 N–H and O–H groups in total. The van der Waals surface area contributed by atoms with Gasteiger partial charge in [0.2, 0.25) is 10.0 Å². The molecule has 2 aromatic heterocycles. The Labute approximate surface area is 172 Å². The highest BCUT2D eigenvalue weighted by molar-refractivity contribution is 7.98. The fraction of sp³-hybridized carbons (Fsp3) is 0.316. The summed E-state index contributed by atoms with van der Waals surface area (Å²) in [6.45, 7) is 1.13. The minimum Gasteiger partial charge on any atom is -0.334 e. The first-order chi connectivity index (χ1) is 14.0. The predicted molar refractivity (Wildman–Crippen MR) is 106 cm³/mol. The molecule has 0 radical (unpaired) electrons. The lowest BCUT2D eigenvalue weighted by Gasteiger charge is -2.25. The van der Waals surface area contributed by atoms with Crippen LogP contribution in [0.25, 0.3) is 11.5 Å². The van der Waals surface area contributed by atoms with Crippen LogP contribution in [-0.2, 0) is 15.8 Å². The molecular weight excluding hydrogens is 415 g/mol. The maximum Gasteiger partial charge on any atom is 0.257 e. The first-order valence-corrected chi connectivity index (χ1v) is 11.6. The fourth-order valence-corrected chi connectivity index (χ4v) is 5.17. The Hall–Kier alpha value is -2.30. The second-order valence-corrected chi connectivity index (χ2v) is 9.54. The Kier molecular flexibility index (Phi) is 5.93. The largest absolute Gasteiger partial charge is 0.334 e. The fourth-order valence-electron chi connectivity index (χ4n) is 3.02. The van der Waals surface area contributed by atoms with Gasteiger partial charge in [-0.1, -0.05) is 23.3 Å². The molecule has 3 heterocycles. The second-order valence-electron chi connectivity index (χ2n) is 6.61. The molecule has 1 saturated heterocycles. The minimum atomic E-state index is -3.48. The molecule has 1 aliphatic rings. The van der Waals surface area contributed by atoms with Crippen LogP contribution in [0.4, 0.5) is 4.39 Å².